The van der Waals surface area contributed by atoms with E-state index in [2.05, 4.69) is 30.1 Å². The van der Waals surface area contributed by atoms with E-state index in [1.54, 1.807) is 13.8 Å². The van der Waals surface area contributed by atoms with Gasteiger partial charge in [0.05, 0.1) is 6.04 Å². The van der Waals surface area contributed by atoms with Gasteiger partial charge >= 0.3 is 0 Å². The summed E-state index contributed by atoms with van der Waals surface area (Å²) in [7, 11) is -3.48. The van der Waals surface area contributed by atoms with Crippen molar-refractivity contribution >= 4 is 10.2 Å². The number of H-pyrrole nitrogens is 1. The molecule has 1 heterocycles. The molecule has 0 saturated heterocycles. The van der Waals surface area contributed by atoms with Crippen molar-refractivity contribution in [2.75, 3.05) is 6.54 Å². The van der Waals surface area contributed by atoms with Crippen LogP contribution in [0, 0.1) is 0 Å². The fraction of sp³-hybridized carbons (Fsp3) is 0.800. The maximum Gasteiger partial charge on any atom is 0.277 e. The molecular weight excluding hydrogens is 208 g/mol. The molecule has 14 heavy (non-hydrogen) atoms. The van der Waals surface area contributed by atoms with Crippen LogP contribution in [0.15, 0.2) is 0 Å². The quantitative estimate of drug-likeness (QED) is 0.571. The lowest BCUT2D eigenvalue weighted by Gasteiger charge is -2.10. The van der Waals surface area contributed by atoms with Gasteiger partial charge in [-0.1, -0.05) is 12.1 Å². The predicted molar refractivity (Wildman–Crippen MR) is 48.3 cm³/mol. The first kappa shape index (κ1) is 11.0. The van der Waals surface area contributed by atoms with Crippen molar-refractivity contribution in [2.45, 2.75) is 19.9 Å². The van der Waals surface area contributed by atoms with Gasteiger partial charge in [-0.25, -0.2) is 4.72 Å². The van der Waals surface area contributed by atoms with E-state index in [1.165, 1.54) is 0 Å². The number of aromatic nitrogens is 4. The van der Waals surface area contributed by atoms with E-state index in [4.69, 9.17) is 0 Å². The molecule has 1 aromatic heterocycles. The van der Waals surface area contributed by atoms with Crippen molar-refractivity contribution in [2.24, 2.45) is 0 Å². The van der Waals surface area contributed by atoms with Gasteiger partial charge in [0.2, 0.25) is 0 Å². The van der Waals surface area contributed by atoms with E-state index >= 15 is 0 Å². The summed E-state index contributed by atoms with van der Waals surface area (Å²) in [4.78, 5) is 0. The molecule has 0 aliphatic heterocycles. The fourth-order valence-corrected chi connectivity index (χ4v) is 1.90. The molecule has 0 saturated carbocycles. The molecule has 1 aromatic rings. The number of tetrazole rings is 1. The highest BCUT2D eigenvalue weighted by Gasteiger charge is 2.17. The number of hydrogen-bond donors (Lipinski definition) is 3. The summed E-state index contributed by atoms with van der Waals surface area (Å²) in [6, 6.07) is -0.516. The van der Waals surface area contributed by atoms with Crippen LogP contribution in [-0.2, 0) is 10.2 Å². The highest BCUT2D eigenvalue weighted by molar-refractivity contribution is 7.87. The molecule has 0 spiro atoms. The van der Waals surface area contributed by atoms with Gasteiger partial charge in [0.25, 0.3) is 10.2 Å². The first-order valence-corrected chi connectivity index (χ1v) is 5.53. The molecule has 3 N–H and O–H groups in total. The molecular formula is C5H12N6O2S. The van der Waals surface area contributed by atoms with Gasteiger partial charge in [-0.2, -0.15) is 18.4 Å². The second-order valence-electron chi connectivity index (χ2n) is 2.61. The maximum atomic E-state index is 11.2. The smallest absolute Gasteiger partial charge is 0.203 e. The summed E-state index contributed by atoms with van der Waals surface area (Å²) in [5, 5.41) is 12.9. The van der Waals surface area contributed by atoms with Crippen molar-refractivity contribution in [3.05, 3.63) is 5.82 Å². The zero-order chi connectivity index (χ0) is 10.6. The summed E-state index contributed by atoms with van der Waals surface area (Å²) in [5.41, 5.74) is 0. The first-order chi connectivity index (χ1) is 6.55. The lowest BCUT2D eigenvalue weighted by molar-refractivity contribution is 0.548. The molecule has 8 nitrogen and oxygen atoms in total. The summed E-state index contributed by atoms with van der Waals surface area (Å²) < 4.78 is 27.1. The predicted octanol–water partition coefficient (Wildman–Crippen LogP) is -1.30. The van der Waals surface area contributed by atoms with Crippen LogP contribution >= 0.6 is 0 Å². The number of rotatable bonds is 5. The third-order valence-electron chi connectivity index (χ3n) is 1.42. The van der Waals surface area contributed by atoms with Crippen LogP contribution in [0.5, 0.6) is 0 Å². The van der Waals surface area contributed by atoms with Gasteiger partial charge in [0, 0.05) is 6.54 Å². The van der Waals surface area contributed by atoms with E-state index in [-0.39, 0.29) is 0 Å². The molecule has 1 atom stereocenters. The van der Waals surface area contributed by atoms with Crippen LogP contribution in [0.2, 0.25) is 0 Å². The largest absolute Gasteiger partial charge is 0.277 e. The van der Waals surface area contributed by atoms with Crippen molar-refractivity contribution in [1.82, 2.24) is 30.1 Å². The number of nitrogens with zero attached hydrogens (tertiary/aromatic N) is 3. The molecule has 0 aliphatic rings. The Morgan fingerprint density at radius 3 is 2.79 bits per heavy atom. The van der Waals surface area contributed by atoms with E-state index in [1.807, 2.05) is 0 Å². The van der Waals surface area contributed by atoms with Gasteiger partial charge in [-0.3, -0.25) is 0 Å². The van der Waals surface area contributed by atoms with Gasteiger partial charge < -0.3 is 0 Å². The Hall–Kier alpha value is -1.06. The summed E-state index contributed by atoms with van der Waals surface area (Å²) >= 11 is 0. The highest BCUT2D eigenvalue weighted by Crippen LogP contribution is 2.03. The first-order valence-electron chi connectivity index (χ1n) is 4.05. The highest BCUT2D eigenvalue weighted by atomic mass is 32.2. The molecule has 1 rings (SSSR count). The van der Waals surface area contributed by atoms with Crippen LogP contribution in [-0.4, -0.2) is 35.6 Å². The number of hydrogen-bond acceptors (Lipinski definition) is 5. The third-order valence-corrected chi connectivity index (χ3v) is 2.75. The van der Waals surface area contributed by atoms with Crippen LogP contribution in [0.1, 0.15) is 25.7 Å². The van der Waals surface area contributed by atoms with Crippen LogP contribution in [0.25, 0.3) is 0 Å². The lowest BCUT2D eigenvalue weighted by atomic mass is 10.4. The number of aromatic amines is 1. The zero-order valence-electron chi connectivity index (χ0n) is 7.85. The Balaban J connectivity index is 2.61. The lowest BCUT2D eigenvalue weighted by Crippen LogP contribution is -2.38. The van der Waals surface area contributed by atoms with Gasteiger partial charge in [-0.05, 0) is 6.92 Å². The van der Waals surface area contributed by atoms with Crippen LogP contribution < -0.4 is 9.44 Å². The number of nitrogens with one attached hydrogen (secondary N) is 3. The molecule has 9 heteroatoms. The second kappa shape index (κ2) is 4.44. The average molecular weight is 220 g/mol. The van der Waals surface area contributed by atoms with E-state index in [0.29, 0.717) is 12.4 Å². The normalized spacial score (nSPS) is 14.1. The van der Waals surface area contributed by atoms with Crippen molar-refractivity contribution in [3.63, 3.8) is 0 Å². The van der Waals surface area contributed by atoms with Crippen LogP contribution in [0.3, 0.4) is 0 Å². The van der Waals surface area contributed by atoms with Crippen molar-refractivity contribution in [3.8, 4) is 0 Å². The SMILES string of the molecule is CCNS(=O)(=O)NC(C)c1nn[nH]n1. The topological polar surface area (TPSA) is 113 Å². The molecule has 0 fully saturated rings. The van der Waals surface area contributed by atoms with Crippen molar-refractivity contribution < 1.29 is 8.42 Å². The zero-order valence-corrected chi connectivity index (χ0v) is 8.67. The molecule has 1 unspecified atom stereocenters. The van der Waals surface area contributed by atoms with Gasteiger partial charge in [-0.15, -0.1) is 10.2 Å². The van der Waals surface area contributed by atoms with Crippen LogP contribution in [0.4, 0.5) is 0 Å². The van der Waals surface area contributed by atoms with Gasteiger partial charge in [0.1, 0.15) is 0 Å². The van der Waals surface area contributed by atoms with Crippen molar-refractivity contribution in [1.29, 1.82) is 0 Å². The average Bonchev–Trinajstić information content (AvgIpc) is 2.53. The fourth-order valence-electron chi connectivity index (χ4n) is 0.870. The Labute approximate surface area is 81.7 Å². The molecule has 0 amide bonds. The minimum atomic E-state index is -3.48. The summed E-state index contributed by atoms with van der Waals surface area (Å²) in [6.45, 7) is 3.65. The van der Waals surface area contributed by atoms with E-state index < -0.39 is 16.3 Å². The standard InChI is InChI=1S/C5H12N6O2S/c1-3-6-14(12,13)9-4(2)5-7-10-11-8-5/h4,6,9H,3H2,1-2H3,(H,7,8,10,11). The Bertz CT molecular complexity index is 360. The third kappa shape index (κ3) is 3.01. The van der Waals surface area contributed by atoms with E-state index in [9.17, 15) is 8.42 Å². The molecule has 0 radical (unpaired) electrons. The molecule has 0 bridgehead atoms. The Kier molecular flexibility index (Phi) is 3.49. The monoisotopic (exact) mass is 220 g/mol. The Morgan fingerprint density at radius 1 is 1.57 bits per heavy atom. The molecule has 0 aliphatic carbocycles. The van der Waals surface area contributed by atoms with E-state index in [0.717, 1.165) is 0 Å². The second-order valence-corrected chi connectivity index (χ2v) is 4.14. The minimum Gasteiger partial charge on any atom is -0.203 e. The summed E-state index contributed by atoms with van der Waals surface area (Å²) in [6.07, 6.45) is 0. The maximum absolute atomic E-state index is 11.2. The molecule has 0 aromatic carbocycles. The molecule has 80 valence electrons. The van der Waals surface area contributed by atoms with Gasteiger partial charge in [0.15, 0.2) is 5.82 Å². The minimum absolute atomic E-state index is 0.298. The Morgan fingerprint density at radius 2 is 2.29 bits per heavy atom. The summed E-state index contributed by atoms with van der Waals surface area (Å²) in [5.74, 6) is 0.298.